The molecule has 0 aliphatic rings. The van der Waals surface area contributed by atoms with E-state index in [0.717, 1.165) is 6.07 Å². The summed E-state index contributed by atoms with van der Waals surface area (Å²) in [5.74, 6) is -1.43. The molecular formula is C13H12FN3O3S. The van der Waals surface area contributed by atoms with Crippen LogP contribution in [-0.2, 0) is 10.0 Å². The Bertz CT molecular complexity index is 806. The number of nitrogens with two attached hydrogens (primary N) is 1. The molecular weight excluding hydrogens is 297 g/mol. The van der Waals surface area contributed by atoms with Gasteiger partial charge in [-0.25, -0.2) is 18.5 Å². The van der Waals surface area contributed by atoms with E-state index in [0.29, 0.717) is 5.56 Å². The number of sulfonamides is 1. The van der Waals surface area contributed by atoms with Gasteiger partial charge in [-0.1, -0.05) is 12.1 Å². The molecule has 1 amide bonds. The number of nitrogens with zero attached hydrogens (tertiary/aromatic N) is 1. The lowest BCUT2D eigenvalue weighted by atomic mass is 10.2. The molecule has 2 rings (SSSR count). The molecule has 0 saturated heterocycles. The molecule has 0 atom stereocenters. The highest BCUT2D eigenvalue weighted by atomic mass is 32.2. The molecule has 1 heterocycles. The van der Waals surface area contributed by atoms with Gasteiger partial charge in [0.05, 0.1) is 4.90 Å². The predicted octanol–water partition coefficient (Wildman–Crippen LogP) is 1.43. The van der Waals surface area contributed by atoms with Crippen molar-refractivity contribution in [1.82, 2.24) is 4.98 Å². The highest BCUT2D eigenvalue weighted by Crippen LogP contribution is 2.22. The van der Waals surface area contributed by atoms with Crippen molar-refractivity contribution in [1.29, 1.82) is 0 Å². The van der Waals surface area contributed by atoms with Crippen LogP contribution in [-0.4, -0.2) is 19.3 Å². The van der Waals surface area contributed by atoms with Crippen LogP contribution in [0.3, 0.4) is 0 Å². The number of carbonyl (C=O) groups excluding carboxylic acids is 1. The number of anilines is 1. The number of hydrogen-bond acceptors (Lipinski definition) is 4. The van der Waals surface area contributed by atoms with Crippen molar-refractivity contribution >= 4 is 21.6 Å². The van der Waals surface area contributed by atoms with Gasteiger partial charge >= 0.3 is 0 Å². The number of rotatable bonds is 3. The van der Waals surface area contributed by atoms with E-state index in [4.69, 9.17) is 5.14 Å². The van der Waals surface area contributed by atoms with E-state index in [1.807, 2.05) is 0 Å². The molecule has 8 heteroatoms. The Morgan fingerprint density at radius 3 is 2.52 bits per heavy atom. The van der Waals surface area contributed by atoms with E-state index >= 15 is 0 Å². The minimum Gasteiger partial charge on any atom is -0.320 e. The standard InChI is InChI=1S/C13H12FN3O3S/c1-8-9(4-2-6-11(8)21(15,19)20)17-13(18)10-5-3-7-12(14)16-10/h2-7H,1H3,(H,17,18)(H2,15,19,20). The largest absolute Gasteiger partial charge is 0.320 e. The average molecular weight is 309 g/mol. The van der Waals surface area contributed by atoms with Crippen LogP contribution >= 0.6 is 0 Å². The van der Waals surface area contributed by atoms with E-state index < -0.39 is 21.9 Å². The number of primary sulfonamides is 1. The number of halogens is 1. The SMILES string of the molecule is Cc1c(NC(=O)c2cccc(F)n2)cccc1S(N)(=O)=O. The topological polar surface area (TPSA) is 102 Å². The van der Waals surface area contributed by atoms with E-state index in [1.54, 1.807) is 0 Å². The van der Waals surface area contributed by atoms with Gasteiger partial charge in [0.15, 0.2) is 0 Å². The van der Waals surface area contributed by atoms with Crippen LogP contribution in [0.25, 0.3) is 0 Å². The Balaban J connectivity index is 2.35. The number of pyridine rings is 1. The first kappa shape index (κ1) is 15.1. The maximum absolute atomic E-state index is 13.0. The lowest BCUT2D eigenvalue weighted by molar-refractivity contribution is 0.102. The molecule has 0 aliphatic carbocycles. The van der Waals surface area contributed by atoms with Crippen molar-refractivity contribution in [3.8, 4) is 0 Å². The highest BCUT2D eigenvalue weighted by Gasteiger charge is 2.16. The van der Waals surface area contributed by atoms with Gasteiger partial charge in [0.2, 0.25) is 16.0 Å². The van der Waals surface area contributed by atoms with Gasteiger partial charge in [-0.15, -0.1) is 0 Å². The summed E-state index contributed by atoms with van der Waals surface area (Å²) in [5, 5.41) is 7.56. The summed E-state index contributed by atoms with van der Waals surface area (Å²) in [6, 6.07) is 8.11. The number of hydrogen-bond donors (Lipinski definition) is 2. The lowest BCUT2D eigenvalue weighted by Crippen LogP contribution is -2.18. The monoisotopic (exact) mass is 309 g/mol. The maximum Gasteiger partial charge on any atom is 0.274 e. The molecule has 0 fully saturated rings. The molecule has 6 nitrogen and oxygen atoms in total. The molecule has 0 saturated carbocycles. The quantitative estimate of drug-likeness (QED) is 0.837. The first-order valence-corrected chi connectivity index (χ1v) is 7.40. The van der Waals surface area contributed by atoms with Crippen molar-refractivity contribution < 1.29 is 17.6 Å². The van der Waals surface area contributed by atoms with Gasteiger partial charge in [0, 0.05) is 5.69 Å². The third-order valence-corrected chi connectivity index (χ3v) is 3.84. The van der Waals surface area contributed by atoms with E-state index in [-0.39, 0.29) is 16.3 Å². The number of carbonyl (C=O) groups is 1. The number of nitrogens with one attached hydrogen (secondary N) is 1. The first-order valence-electron chi connectivity index (χ1n) is 5.85. The summed E-state index contributed by atoms with van der Waals surface area (Å²) >= 11 is 0. The van der Waals surface area contributed by atoms with Gasteiger partial charge in [-0.05, 0) is 36.8 Å². The summed E-state index contributed by atoms with van der Waals surface area (Å²) in [5.41, 5.74) is 0.442. The van der Waals surface area contributed by atoms with Gasteiger partial charge in [0.1, 0.15) is 5.69 Å². The molecule has 21 heavy (non-hydrogen) atoms. The molecule has 1 aromatic heterocycles. The Morgan fingerprint density at radius 1 is 1.24 bits per heavy atom. The number of aromatic nitrogens is 1. The first-order chi connectivity index (χ1) is 9.79. The van der Waals surface area contributed by atoms with E-state index in [2.05, 4.69) is 10.3 Å². The molecule has 0 aliphatic heterocycles. The van der Waals surface area contributed by atoms with Gasteiger partial charge in [0.25, 0.3) is 5.91 Å². The molecule has 0 radical (unpaired) electrons. The fourth-order valence-electron chi connectivity index (χ4n) is 1.78. The smallest absolute Gasteiger partial charge is 0.274 e. The van der Waals surface area contributed by atoms with Crippen LogP contribution in [0.1, 0.15) is 16.1 Å². The van der Waals surface area contributed by atoms with Crippen molar-refractivity contribution in [2.45, 2.75) is 11.8 Å². The van der Waals surface area contributed by atoms with Crippen LogP contribution < -0.4 is 10.5 Å². The summed E-state index contributed by atoms with van der Waals surface area (Å²) in [4.78, 5) is 15.3. The van der Waals surface area contributed by atoms with Crippen LogP contribution in [0, 0.1) is 12.9 Å². The second-order valence-electron chi connectivity index (χ2n) is 4.27. The summed E-state index contributed by atoms with van der Waals surface area (Å²) in [6.07, 6.45) is 0. The minimum absolute atomic E-state index is 0.0903. The van der Waals surface area contributed by atoms with Gasteiger partial charge in [-0.3, -0.25) is 4.79 Å². The third kappa shape index (κ3) is 3.41. The second kappa shape index (κ2) is 5.58. The fraction of sp³-hybridized carbons (Fsp3) is 0.0769. The summed E-state index contributed by atoms with van der Waals surface area (Å²) in [6.45, 7) is 1.51. The fourth-order valence-corrected chi connectivity index (χ4v) is 2.58. The molecule has 2 aromatic rings. The number of benzene rings is 1. The Hall–Kier alpha value is -2.32. The summed E-state index contributed by atoms with van der Waals surface area (Å²) in [7, 11) is -3.89. The van der Waals surface area contributed by atoms with Gasteiger partial charge < -0.3 is 5.32 Å². The van der Waals surface area contributed by atoms with E-state index in [1.165, 1.54) is 37.3 Å². The van der Waals surface area contributed by atoms with Crippen LogP contribution in [0.4, 0.5) is 10.1 Å². The molecule has 0 bridgehead atoms. The molecule has 110 valence electrons. The Kier molecular flexibility index (Phi) is 4.01. The van der Waals surface area contributed by atoms with Crippen molar-refractivity contribution in [2.24, 2.45) is 5.14 Å². The predicted molar refractivity (Wildman–Crippen MR) is 74.7 cm³/mol. The van der Waals surface area contributed by atoms with Crippen molar-refractivity contribution in [3.63, 3.8) is 0 Å². The molecule has 3 N–H and O–H groups in total. The molecule has 0 unspecified atom stereocenters. The molecule has 1 aromatic carbocycles. The Labute approximate surface area is 120 Å². The van der Waals surface area contributed by atoms with Crippen LogP contribution in [0.15, 0.2) is 41.3 Å². The van der Waals surface area contributed by atoms with Gasteiger partial charge in [-0.2, -0.15) is 4.39 Å². The zero-order chi connectivity index (χ0) is 15.6. The van der Waals surface area contributed by atoms with Crippen LogP contribution in [0.2, 0.25) is 0 Å². The molecule has 0 spiro atoms. The lowest BCUT2D eigenvalue weighted by Gasteiger charge is -2.11. The van der Waals surface area contributed by atoms with Crippen LogP contribution in [0.5, 0.6) is 0 Å². The second-order valence-corrected chi connectivity index (χ2v) is 5.80. The minimum atomic E-state index is -3.89. The Morgan fingerprint density at radius 2 is 1.90 bits per heavy atom. The van der Waals surface area contributed by atoms with Crippen molar-refractivity contribution in [3.05, 3.63) is 53.6 Å². The zero-order valence-electron chi connectivity index (χ0n) is 11.0. The third-order valence-electron chi connectivity index (χ3n) is 2.79. The zero-order valence-corrected chi connectivity index (χ0v) is 11.8. The van der Waals surface area contributed by atoms with Crippen molar-refractivity contribution in [2.75, 3.05) is 5.32 Å². The average Bonchev–Trinajstić information content (AvgIpc) is 2.39. The normalized spacial score (nSPS) is 11.2. The summed E-state index contributed by atoms with van der Waals surface area (Å²) < 4.78 is 35.8. The highest BCUT2D eigenvalue weighted by molar-refractivity contribution is 7.89. The van der Waals surface area contributed by atoms with E-state index in [9.17, 15) is 17.6 Å². The number of amides is 1. The maximum atomic E-state index is 13.0.